The summed E-state index contributed by atoms with van der Waals surface area (Å²) in [7, 11) is 2.06. The maximum absolute atomic E-state index is 3.29. The van der Waals surface area contributed by atoms with E-state index in [1.165, 1.54) is 39.0 Å². The summed E-state index contributed by atoms with van der Waals surface area (Å²) >= 11 is 0. The van der Waals surface area contributed by atoms with Gasteiger partial charge in [0.15, 0.2) is 0 Å². The second-order valence-corrected chi connectivity index (χ2v) is 5.57. The van der Waals surface area contributed by atoms with Crippen molar-refractivity contribution >= 4 is 0 Å². The molecule has 1 aliphatic heterocycles. The molecule has 17 heavy (non-hydrogen) atoms. The zero-order valence-corrected chi connectivity index (χ0v) is 10.7. The molecular weight excluding hydrogens is 208 g/mol. The van der Waals surface area contributed by atoms with E-state index in [1.807, 2.05) is 0 Å². The summed E-state index contributed by atoms with van der Waals surface area (Å²) in [4.78, 5) is 2.64. The van der Waals surface area contributed by atoms with Crippen molar-refractivity contribution in [2.24, 2.45) is 11.8 Å². The zero-order valence-electron chi connectivity index (χ0n) is 10.7. The van der Waals surface area contributed by atoms with Crippen molar-refractivity contribution in [1.29, 1.82) is 0 Å². The average molecular weight is 230 g/mol. The number of nitrogens with zero attached hydrogens (tertiary/aromatic N) is 1. The van der Waals surface area contributed by atoms with Crippen molar-refractivity contribution in [1.82, 2.24) is 10.2 Å². The first-order valence-electron chi connectivity index (χ1n) is 6.80. The fourth-order valence-electron chi connectivity index (χ4n) is 3.09. The monoisotopic (exact) mass is 230 g/mol. The Morgan fingerprint density at radius 2 is 2.06 bits per heavy atom. The van der Waals surface area contributed by atoms with Gasteiger partial charge < -0.3 is 5.32 Å². The lowest BCUT2D eigenvalue weighted by Gasteiger charge is -2.28. The van der Waals surface area contributed by atoms with Crippen LogP contribution in [0.15, 0.2) is 24.3 Å². The average Bonchev–Trinajstić information content (AvgIpc) is 3.08. The Morgan fingerprint density at radius 3 is 2.88 bits per heavy atom. The van der Waals surface area contributed by atoms with Gasteiger partial charge in [0.2, 0.25) is 0 Å². The number of fused-ring (bicyclic) bond motifs is 1. The minimum atomic E-state index is 0.942. The molecule has 92 valence electrons. The second-order valence-electron chi connectivity index (χ2n) is 5.57. The highest BCUT2D eigenvalue weighted by Gasteiger charge is 2.37. The quantitative estimate of drug-likeness (QED) is 0.850. The van der Waals surface area contributed by atoms with Crippen LogP contribution in [0, 0.1) is 11.8 Å². The number of hydrogen-bond acceptors (Lipinski definition) is 2. The molecule has 2 atom stereocenters. The molecule has 1 fully saturated rings. The third kappa shape index (κ3) is 2.53. The second kappa shape index (κ2) is 4.79. The molecule has 1 N–H and O–H groups in total. The van der Waals surface area contributed by atoms with E-state index in [9.17, 15) is 0 Å². The molecule has 0 unspecified atom stereocenters. The van der Waals surface area contributed by atoms with Gasteiger partial charge in [-0.05, 0) is 49.4 Å². The van der Waals surface area contributed by atoms with Crippen LogP contribution in [0.25, 0.3) is 0 Å². The Labute approximate surface area is 104 Å². The molecule has 1 aromatic carbocycles. The minimum Gasteiger partial charge on any atom is -0.319 e. The molecule has 0 spiro atoms. The van der Waals surface area contributed by atoms with Gasteiger partial charge in [0.1, 0.15) is 0 Å². The fourth-order valence-corrected chi connectivity index (χ4v) is 3.09. The smallest absolute Gasteiger partial charge is 0.0236 e. The minimum absolute atomic E-state index is 0.942. The van der Waals surface area contributed by atoms with Crippen molar-refractivity contribution in [3.8, 4) is 0 Å². The van der Waals surface area contributed by atoms with Crippen LogP contribution in [0.2, 0.25) is 0 Å². The van der Waals surface area contributed by atoms with E-state index in [0.29, 0.717) is 0 Å². The van der Waals surface area contributed by atoms with Crippen molar-refractivity contribution in [2.45, 2.75) is 19.4 Å². The van der Waals surface area contributed by atoms with Crippen molar-refractivity contribution in [3.63, 3.8) is 0 Å². The van der Waals surface area contributed by atoms with Crippen LogP contribution in [0.4, 0.5) is 0 Å². The van der Waals surface area contributed by atoms with E-state index in [2.05, 4.69) is 41.5 Å². The first-order valence-corrected chi connectivity index (χ1v) is 6.80. The molecule has 1 saturated carbocycles. The molecule has 3 rings (SSSR count). The molecule has 0 radical (unpaired) electrons. The van der Waals surface area contributed by atoms with Crippen LogP contribution in [-0.2, 0) is 13.0 Å². The summed E-state index contributed by atoms with van der Waals surface area (Å²) in [5, 5.41) is 3.29. The molecule has 2 aliphatic rings. The molecule has 1 aromatic rings. The normalized spacial score (nSPS) is 27.8. The Bertz CT molecular complexity index is 388. The predicted molar refractivity (Wildman–Crippen MR) is 70.9 cm³/mol. The lowest BCUT2D eigenvalue weighted by molar-refractivity contribution is 0.239. The van der Waals surface area contributed by atoms with Crippen molar-refractivity contribution < 1.29 is 0 Å². The van der Waals surface area contributed by atoms with Gasteiger partial charge in [-0.2, -0.15) is 0 Å². The maximum atomic E-state index is 3.29. The highest BCUT2D eigenvalue weighted by Crippen LogP contribution is 2.39. The van der Waals surface area contributed by atoms with Gasteiger partial charge in [-0.1, -0.05) is 24.3 Å². The molecule has 0 saturated heterocycles. The molecular formula is C15H22N2. The first kappa shape index (κ1) is 11.2. The first-order chi connectivity index (χ1) is 8.36. The van der Waals surface area contributed by atoms with Crippen molar-refractivity contribution in [3.05, 3.63) is 35.4 Å². The van der Waals surface area contributed by atoms with E-state index < -0.39 is 0 Å². The molecule has 0 amide bonds. The van der Waals surface area contributed by atoms with Crippen LogP contribution in [-0.4, -0.2) is 31.6 Å². The largest absolute Gasteiger partial charge is 0.319 e. The number of nitrogens with one attached hydrogen (secondary N) is 1. The van der Waals surface area contributed by atoms with Crippen LogP contribution in [0.5, 0.6) is 0 Å². The van der Waals surface area contributed by atoms with Gasteiger partial charge in [0, 0.05) is 19.6 Å². The Hall–Kier alpha value is -0.860. The van der Waals surface area contributed by atoms with Crippen LogP contribution >= 0.6 is 0 Å². The Balaban J connectivity index is 1.55. The third-order valence-corrected chi connectivity index (χ3v) is 4.24. The third-order valence-electron chi connectivity index (χ3n) is 4.24. The Morgan fingerprint density at radius 1 is 1.24 bits per heavy atom. The van der Waals surface area contributed by atoms with E-state index in [0.717, 1.165) is 11.8 Å². The van der Waals surface area contributed by atoms with E-state index >= 15 is 0 Å². The van der Waals surface area contributed by atoms with Gasteiger partial charge in [-0.3, -0.25) is 4.90 Å². The van der Waals surface area contributed by atoms with Gasteiger partial charge in [0.25, 0.3) is 0 Å². The summed E-state index contributed by atoms with van der Waals surface area (Å²) in [5.41, 5.74) is 3.11. The molecule has 1 aliphatic carbocycles. The standard InChI is InChI=1S/C15H22N2/c1-16-9-14-8-15(14)11-17-7-6-12-4-2-3-5-13(12)10-17/h2-5,14-16H,6-11H2,1H3/t14-,15-/m1/s1. The van der Waals surface area contributed by atoms with Crippen LogP contribution < -0.4 is 5.32 Å². The molecule has 0 bridgehead atoms. The Kier molecular flexibility index (Phi) is 3.17. The highest BCUT2D eigenvalue weighted by atomic mass is 15.1. The molecule has 0 aromatic heterocycles. The highest BCUT2D eigenvalue weighted by molar-refractivity contribution is 5.29. The fraction of sp³-hybridized carbons (Fsp3) is 0.600. The summed E-state index contributed by atoms with van der Waals surface area (Å²) in [5.74, 6) is 1.89. The van der Waals surface area contributed by atoms with E-state index in [-0.39, 0.29) is 0 Å². The summed E-state index contributed by atoms with van der Waals surface area (Å²) in [6.45, 7) is 4.93. The number of hydrogen-bond donors (Lipinski definition) is 1. The van der Waals surface area contributed by atoms with Crippen LogP contribution in [0.3, 0.4) is 0 Å². The van der Waals surface area contributed by atoms with E-state index in [4.69, 9.17) is 0 Å². The van der Waals surface area contributed by atoms with Gasteiger partial charge in [-0.15, -0.1) is 0 Å². The summed E-state index contributed by atoms with van der Waals surface area (Å²) in [6.07, 6.45) is 2.67. The molecule has 2 heteroatoms. The molecule has 2 nitrogen and oxygen atoms in total. The van der Waals surface area contributed by atoms with Crippen molar-refractivity contribution in [2.75, 3.05) is 26.7 Å². The summed E-state index contributed by atoms with van der Waals surface area (Å²) < 4.78 is 0. The topological polar surface area (TPSA) is 15.3 Å². The van der Waals surface area contributed by atoms with Crippen LogP contribution in [0.1, 0.15) is 17.5 Å². The number of rotatable bonds is 4. The van der Waals surface area contributed by atoms with Gasteiger partial charge in [-0.25, -0.2) is 0 Å². The number of benzene rings is 1. The lowest BCUT2D eigenvalue weighted by Crippen LogP contribution is -2.32. The summed E-state index contributed by atoms with van der Waals surface area (Å²) in [6, 6.07) is 8.91. The lowest BCUT2D eigenvalue weighted by atomic mass is 10.00. The predicted octanol–water partition coefficient (Wildman–Crippen LogP) is 1.90. The van der Waals surface area contributed by atoms with Gasteiger partial charge >= 0.3 is 0 Å². The van der Waals surface area contributed by atoms with Gasteiger partial charge in [0.05, 0.1) is 0 Å². The maximum Gasteiger partial charge on any atom is 0.0236 e. The van der Waals surface area contributed by atoms with E-state index in [1.54, 1.807) is 11.1 Å². The zero-order chi connectivity index (χ0) is 11.7. The SMILES string of the molecule is CNC[C@H]1C[C@@H]1CN1CCc2ccccc2C1. The molecule has 1 heterocycles.